The molecule has 8 nitrogen and oxygen atoms in total. The summed E-state index contributed by atoms with van der Waals surface area (Å²) in [6, 6.07) is -0.224. The molecule has 3 atom stereocenters. The Morgan fingerprint density at radius 1 is 1.28 bits per heavy atom. The minimum absolute atomic E-state index is 0.0187. The Labute approximate surface area is 147 Å². The molecule has 2 aliphatic rings. The van der Waals surface area contributed by atoms with Crippen molar-refractivity contribution in [2.24, 2.45) is 0 Å². The third-order valence-corrected chi connectivity index (χ3v) is 5.53. The van der Waals surface area contributed by atoms with Crippen LogP contribution < -0.4 is 0 Å². The molecule has 0 radical (unpaired) electrons. The lowest BCUT2D eigenvalue weighted by atomic mass is 10.1. The fraction of sp³-hybridized carbons (Fsp3) is 0.706. The SMILES string of the molecule is CC(=O)N1CCN([C@@H]2CC[C@@H](N(C)C(=O)c3ocnc3C)[C@H]2O)CC1. The minimum Gasteiger partial charge on any atom is -0.438 e. The normalized spacial score (nSPS) is 27.5. The van der Waals surface area contributed by atoms with Crippen LogP contribution in [0.25, 0.3) is 0 Å². The van der Waals surface area contributed by atoms with E-state index in [1.807, 2.05) is 4.90 Å². The molecule has 8 heteroatoms. The van der Waals surface area contributed by atoms with E-state index in [1.165, 1.54) is 6.39 Å². The van der Waals surface area contributed by atoms with Crippen molar-refractivity contribution < 1.29 is 19.1 Å². The van der Waals surface area contributed by atoms with Crippen LogP contribution in [0.3, 0.4) is 0 Å². The number of rotatable bonds is 3. The molecular weight excluding hydrogens is 324 g/mol. The average molecular weight is 350 g/mol. The molecular formula is C17H26N4O4. The number of piperazine rings is 1. The fourth-order valence-electron chi connectivity index (χ4n) is 3.95. The third kappa shape index (κ3) is 3.41. The van der Waals surface area contributed by atoms with Crippen molar-refractivity contribution in [1.29, 1.82) is 0 Å². The summed E-state index contributed by atoms with van der Waals surface area (Å²) < 4.78 is 5.19. The zero-order chi connectivity index (χ0) is 18.1. The second kappa shape index (κ2) is 7.13. The summed E-state index contributed by atoms with van der Waals surface area (Å²) >= 11 is 0. The van der Waals surface area contributed by atoms with E-state index in [-0.39, 0.29) is 29.7 Å². The topological polar surface area (TPSA) is 90.1 Å². The maximum atomic E-state index is 12.6. The summed E-state index contributed by atoms with van der Waals surface area (Å²) in [5.41, 5.74) is 0.557. The summed E-state index contributed by atoms with van der Waals surface area (Å²) in [7, 11) is 1.70. The summed E-state index contributed by atoms with van der Waals surface area (Å²) in [4.78, 5) is 33.6. The molecule has 1 aromatic rings. The van der Waals surface area contributed by atoms with E-state index >= 15 is 0 Å². The maximum Gasteiger partial charge on any atom is 0.291 e. The van der Waals surface area contributed by atoms with E-state index in [2.05, 4.69) is 9.88 Å². The molecule has 0 spiro atoms. The molecule has 138 valence electrons. The van der Waals surface area contributed by atoms with Crippen LogP contribution in [-0.2, 0) is 4.79 Å². The molecule has 2 fully saturated rings. The Morgan fingerprint density at radius 3 is 2.52 bits per heavy atom. The summed E-state index contributed by atoms with van der Waals surface area (Å²) in [6.45, 7) is 6.21. The highest BCUT2D eigenvalue weighted by Crippen LogP contribution is 2.29. The van der Waals surface area contributed by atoms with Gasteiger partial charge in [0.05, 0.1) is 17.8 Å². The largest absolute Gasteiger partial charge is 0.438 e. The van der Waals surface area contributed by atoms with E-state index in [4.69, 9.17) is 4.42 Å². The number of carbonyl (C=O) groups is 2. The van der Waals surface area contributed by atoms with Crippen molar-refractivity contribution in [3.63, 3.8) is 0 Å². The number of oxazole rings is 1. The quantitative estimate of drug-likeness (QED) is 0.832. The predicted octanol–water partition coefficient (Wildman–Crippen LogP) is 0.111. The number of nitrogens with zero attached hydrogens (tertiary/aromatic N) is 4. The van der Waals surface area contributed by atoms with Gasteiger partial charge >= 0.3 is 0 Å². The molecule has 1 aromatic heterocycles. The molecule has 1 N–H and O–H groups in total. The Balaban J connectivity index is 1.62. The number of aryl methyl sites for hydroxylation is 1. The van der Waals surface area contributed by atoms with Gasteiger partial charge in [-0.25, -0.2) is 4.98 Å². The Kier molecular flexibility index (Phi) is 5.10. The molecule has 1 saturated carbocycles. The molecule has 2 heterocycles. The Bertz CT molecular complexity index is 638. The van der Waals surface area contributed by atoms with Gasteiger partial charge in [0.1, 0.15) is 0 Å². The van der Waals surface area contributed by atoms with Crippen molar-refractivity contribution in [3.05, 3.63) is 17.8 Å². The summed E-state index contributed by atoms with van der Waals surface area (Å²) in [5.74, 6) is 0.0755. The molecule has 3 rings (SSSR count). The van der Waals surface area contributed by atoms with Gasteiger partial charge < -0.3 is 19.3 Å². The third-order valence-electron chi connectivity index (χ3n) is 5.53. The standard InChI is InChI=1S/C17H26N4O4/c1-11-16(25-10-18-11)17(24)19(3)13-4-5-14(15(13)23)21-8-6-20(7-9-21)12(2)22/h10,13-15,23H,4-9H2,1-3H3/t13-,14-,15-/m1/s1. The number of aliphatic hydroxyl groups is 1. The smallest absolute Gasteiger partial charge is 0.291 e. The lowest BCUT2D eigenvalue weighted by molar-refractivity contribution is -0.131. The van der Waals surface area contributed by atoms with Gasteiger partial charge in [0, 0.05) is 46.2 Å². The minimum atomic E-state index is -0.610. The van der Waals surface area contributed by atoms with Gasteiger partial charge in [0.15, 0.2) is 6.39 Å². The van der Waals surface area contributed by atoms with Crippen LogP contribution in [0.1, 0.15) is 36.0 Å². The van der Waals surface area contributed by atoms with Crippen LogP contribution in [0.4, 0.5) is 0 Å². The van der Waals surface area contributed by atoms with Crippen LogP contribution in [0, 0.1) is 6.92 Å². The van der Waals surface area contributed by atoms with E-state index < -0.39 is 6.10 Å². The van der Waals surface area contributed by atoms with Crippen LogP contribution >= 0.6 is 0 Å². The zero-order valence-corrected chi connectivity index (χ0v) is 15.0. The second-order valence-electron chi connectivity index (χ2n) is 6.93. The number of likely N-dealkylation sites (N-methyl/N-ethyl adjacent to an activating group) is 1. The molecule has 25 heavy (non-hydrogen) atoms. The highest BCUT2D eigenvalue weighted by molar-refractivity contribution is 5.92. The first-order valence-electron chi connectivity index (χ1n) is 8.75. The van der Waals surface area contributed by atoms with Crippen molar-refractivity contribution in [2.45, 2.75) is 44.9 Å². The van der Waals surface area contributed by atoms with Gasteiger partial charge in [-0.2, -0.15) is 0 Å². The van der Waals surface area contributed by atoms with E-state index in [1.54, 1.807) is 25.8 Å². The molecule has 2 amide bonds. The summed E-state index contributed by atoms with van der Waals surface area (Å²) in [5, 5.41) is 10.8. The number of hydrogen-bond donors (Lipinski definition) is 1. The monoisotopic (exact) mass is 350 g/mol. The highest BCUT2D eigenvalue weighted by atomic mass is 16.4. The average Bonchev–Trinajstić information content (AvgIpc) is 3.19. The first kappa shape index (κ1) is 17.9. The lowest BCUT2D eigenvalue weighted by Crippen LogP contribution is -2.55. The van der Waals surface area contributed by atoms with Gasteiger partial charge in [-0.05, 0) is 19.8 Å². The molecule has 1 aliphatic heterocycles. The van der Waals surface area contributed by atoms with Gasteiger partial charge in [-0.15, -0.1) is 0 Å². The van der Waals surface area contributed by atoms with Crippen LogP contribution in [0.2, 0.25) is 0 Å². The van der Waals surface area contributed by atoms with Gasteiger partial charge in [0.2, 0.25) is 11.7 Å². The number of aromatic nitrogens is 1. The first-order valence-corrected chi connectivity index (χ1v) is 8.75. The van der Waals surface area contributed by atoms with E-state index in [0.29, 0.717) is 18.8 Å². The highest BCUT2D eigenvalue weighted by Gasteiger charge is 2.42. The first-order chi connectivity index (χ1) is 11.9. The van der Waals surface area contributed by atoms with Crippen molar-refractivity contribution >= 4 is 11.8 Å². The lowest BCUT2D eigenvalue weighted by Gasteiger charge is -2.39. The van der Waals surface area contributed by atoms with Crippen LogP contribution in [-0.4, -0.2) is 88.0 Å². The summed E-state index contributed by atoms with van der Waals surface area (Å²) in [6.07, 6.45) is 2.23. The number of amides is 2. The van der Waals surface area contributed by atoms with E-state index in [9.17, 15) is 14.7 Å². The molecule has 1 aliphatic carbocycles. The molecule has 0 unspecified atom stereocenters. The Hall–Kier alpha value is -1.93. The zero-order valence-electron chi connectivity index (χ0n) is 15.0. The fourth-order valence-corrected chi connectivity index (χ4v) is 3.95. The Morgan fingerprint density at radius 2 is 1.96 bits per heavy atom. The predicted molar refractivity (Wildman–Crippen MR) is 90.0 cm³/mol. The van der Waals surface area contributed by atoms with Crippen LogP contribution in [0.5, 0.6) is 0 Å². The van der Waals surface area contributed by atoms with E-state index in [0.717, 1.165) is 25.9 Å². The number of carbonyl (C=O) groups excluding carboxylic acids is 2. The van der Waals surface area contributed by atoms with Gasteiger partial charge in [-0.3, -0.25) is 14.5 Å². The molecule has 0 aromatic carbocycles. The number of hydrogen-bond acceptors (Lipinski definition) is 6. The van der Waals surface area contributed by atoms with Crippen molar-refractivity contribution in [2.75, 3.05) is 33.2 Å². The molecule has 1 saturated heterocycles. The van der Waals surface area contributed by atoms with Gasteiger partial charge in [0.25, 0.3) is 5.91 Å². The van der Waals surface area contributed by atoms with Crippen molar-refractivity contribution in [3.8, 4) is 0 Å². The van der Waals surface area contributed by atoms with Gasteiger partial charge in [-0.1, -0.05) is 0 Å². The van der Waals surface area contributed by atoms with Crippen LogP contribution in [0.15, 0.2) is 10.8 Å². The molecule has 0 bridgehead atoms. The second-order valence-corrected chi connectivity index (χ2v) is 6.93. The maximum absolute atomic E-state index is 12.6. The number of aliphatic hydroxyl groups excluding tert-OH is 1. The van der Waals surface area contributed by atoms with Crippen molar-refractivity contribution in [1.82, 2.24) is 19.7 Å².